The van der Waals surface area contributed by atoms with Crippen molar-refractivity contribution in [1.29, 1.82) is 0 Å². The van der Waals surface area contributed by atoms with Crippen LogP contribution in [-0.2, 0) is 9.05 Å². The SMILES string of the molecule is Cc1csc2nc(Cl)c(S(=O)(=O)Cl)n12. The van der Waals surface area contributed by atoms with Crippen LogP contribution >= 0.6 is 33.6 Å². The van der Waals surface area contributed by atoms with Crippen LogP contribution < -0.4 is 0 Å². The van der Waals surface area contributed by atoms with E-state index in [1.54, 1.807) is 12.3 Å². The smallest absolute Gasteiger partial charge is 0.276 e. The maximum Gasteiger partial charge on any atom is 0.280 e. The van der Waals surface area contributed by atoms with E-state index in [2.05, 4.69) is 4.98 Å². The Morgan fingerprint density at radius 2 is 2.21 bits per heavy atom. The van der Waals surface area contributed by atoms with E-state index in [1.807, 2.05) is 0 Å². The monoisotopic (exact) mass is 270 g/mol. The summed E-state index contributed by atoms with van der Waals surface area (Å²) in [6, 6.07) is 0. The van der Waals surface area contributed by atoms with E-state index in [1.165, 1.54) is 15.7 Å². The predicted octanol–water partition coefficient (Wildman–Crippen LogP) is 2.29. The topological polar surface area (TPSA) is 51.4 Å². The van der Waals surface area contributed by atoms with E-state index in [0.29, 0.717) is 4.96 Å². The number of fused-ring (bicyclic) bond motifs is 1. The molecule has 0 N–H and O–H groups in total. The Labute approximate surface area is 93.5 Å². The molecule has 0 unspecified atom stereocenters. The summed E-state index contributed by atoms with van der Waals surface area (Å²) in [4.78, 5) is 4.40. The van der Waals surface area contributed by atoms with Crippen LogP contribution in [0.1, 0.15) is 5.69 Å². The van der Waals surface area contributed by atoms with Crippen molar-refractivity contribution in [1.82, 2.24) is 9.38 Å². The second-order valence-electron chi connectivity index (χ2n) is 2.64. The minimum Gasteiger partial charge on any atom is -0.276 e. The van der Waals surface area contributed by atoms with Crippen LogP contribution in [0.2, 0.25) is 5.15 Å². The van der Waals surface area contributed by atoms with Crippen LogP contribution in [0.4, 0.5) is 0 Å². The van der Waals surface area contributed by atoms with Crippen molar-refractivity contribution >= 4 is 47.6 Å². The van der Waals surface area contributed by atoms with Crippen molar-refractivity contribution in [3.63, 3.8) is 0 Å². The summed E-state index contributed by atoms with van der Waals surface area (Å²) >= 11 is 6.99. The van der Waals surface area contributed by atoms with Crippen LogP contribution in [0, 0.1) is 6.92 Å². The summed E-state index contributed by atoms with van der Waals surface area (Å²) in [5, 5.41) is 1.54. The van der Waals surface area contributed by atoms with Gasteiger partial charge in [0.1, 0.15) is 0 Å². The molecule has 4 nitrogen and oxygen atoms in total. The Balaban J connectivity index is 2.99. The molecule has 14 heavy (non-hydrogen) atoms. The number of rotatable bonds is 1. The number of hydrogen-bond donors (Lipinski definition) is 0. The van der Waals surface area contributed by atoms with E-state index in [4.69, 9.17) is 22.3 Å². The molecule has 76 valence electrons. The molecule has 0 aromatic carbocycles. The summed E-state index contributed by atoms with van der Waals surface area (Å²) < 4.78 is 23.8. The van der Waals surface area contributed by atoms with E-state index in [-0.39, 0.29) is 10.2 Å². The highest BCUT2D eigenvalue weighted by molar-refractivity contribution is 8.13. The number of nitrogens with zero attached hydrogens (tertiary/aromatic N) is 2. The maximum absolute atomic E-state index is 11.2. The Bertz CT molecular complexity index is 599. The molecule has 0 amide bonds. The van der Waals surface area contributed by atoms with Crippen LogP contribution in [-0.4, -0.2) is 17.8 Å². The molecule has 0 fully saturated rings. The summed E-state index contributed by atoms with van der Waals surface area (Å²) in [5.74, 6) is 0. The largest absolute Gasteiger partial charge is 0.280 e. The standard InChI is InChI=1S/C6H4Cl2N2O2S2/c1-3-2-13-6-9-4(7)5(10(3)6)14(8,11)12/h2H,1H3. The predicted molar refractivity (Wildman–Crippen MR) is 55.9 cm³/mol. The number of aryl methyl sites for hydroxylation is 1. The highest BCUT2D eigenvalue weighted by Crippen LogP contribution is 2.29. The molecule has 0 atom stereocenters. The number of thiazole rings is 1. The molecule has 0 aliphatic rings. The lowest BCUT2D eigenvalue weighted by atomic mass is 10.6. The number of aromatic nitrogens is 2. The van der Waals surface area contributed by atoms with Crippen LogP contribution in [0.25, 0.3) is 4.96 Å². The quantitative estimate of drug-likeness (QED) is 0.748. The molecular weight excluding hydrogens is 267 g/mol. The summed E-state index contributed by atoms with van der Waals surface area (Å²) in [5.41, 5.74) is 0.739. The van der Waals surface area contributed by atoms with Crippen LogP contribution in [0.3, 0.4) is 0 Å². The van der Waals surface area contributed by atoms with Crippen LogP contribution in [0.5, 0.6) is 0 Å². The van der Waals surface area contributed by atoms with Gasteiger partial charge in [0.25, 0.3) is 9.05 Å². The third-order valence-corrected chi connectivity index (χ3v) is 4.28. The van der Waals surface area contributed by atoms with E-state index in [9.17, 15) is 8.42 Å². The zero-order chi connectivity index (χ0) is 10.5. The number of halogens is 2. The molecule has 2 heterocycles. The molecule has 2 aromatic heterocycles. The van der Waals surface area contributed by atoms with E-state index in [0.717, 1.165) is 5.69 Å². The van der Waals surface area contributed by atoms with Gasteiger partial charge in [0.2, 0.25) is 0 Å². The van der Waals surface area contributed by atoms with Gasteiger partial charge < -0.3 is 0 Å². The van der Waals surface area contributed by atoms with Gasteiger partial charge in [0.15, 0.2) is 15.1 Å². The van der Waals surface area contributed by atoms with Crippen molar-refractivity contribution in [3.05, 3.63) is 16.2 Å². The third kappa shape index (κ3) is 1.42. The number of imidazole rings is 1. The molecule has 0 radical (unpaired) electrons. The molecular formula is C6H4Cl2N2O2S2. The van der Waals surface area contributed by atoms with Gasteiger partial charge in [-0.3, -0.25) is 4.40 Å². The molecule has 0 aliphatic heterocycles. The Kier molecular flexibility index (Phi) is 2.26. The average Bonchev–Trinajstić information content (AvgIpc) is 2.49. The average molecular weight is 271 g/mol. The minimum absolute atomic E-state index is 0.0880. The van der Waals surface area contributed by atoms with Crippen molar-refractivity contribution in [2.24, 2.45) is 0 Å². The van der Waals surface area contributed by atoms with Gasteiger partial charge in [-0.05, 0) is 6.92 Å². The lowest BCUT2D eigenvalue weighted by molar-refractivity contribution is 0.605. The minimum atomic E-state index is -3.86. The van der Waals surface area contributed by atoms with Crippen molar-refractivity contribution in [2.75, 3.05) is 0 Å². The first kappa shape index (κ1) is 10.2. The fourth-order valence-electron chi connectivity index (χ4n) is 1.15. The molecule has 8 heteroatoms. The highest BCUT2D eigenvalue weighted by atomic mass is 35.7. The lowest BCUT2D eigenvalue weighted by Gasteiger charge is -1.95. The zero-order valence-corrected chi connectivity index (χ0v) is 10.0. The lowest BCUT2D eigenvalue weighted by Crippen LogP contribution is -1.97. The van der Waals surface area contributed by atoms with Gasteiger partial charge in [0, 0.05) is 21.8 Å². The van der Waals surface area contributed by atoms with E-state index < -0.39 is 9.05 Å². The first-order chi connectivity index (χ1) is 6.41. The van der Waals surface area contributed by atoms with Gasteiger partial charge in [0.05, 0.1) is 0 Å². The van der Waals surface area contributed by atoms with Crippen LogP contribution in [0.15, 0.2) is 10.4 Å². The Morgan fingerprint density at radius 3 is 2.79 bits per heavy atom. The summed E-state index contributed by atoms with van der Waals surface area (Å²) in [7, 11) is 1.38. The first-order valence-corrected chi connectivity index (χ1v) is 7.04. The second kappa shape index (κ2) is 3.10. The fourth-order valence-corrected chi connectivity index (χ4v) is 3.83. The second-order valence-corrected chi connectivity index (χ2v) is 6.32. The molecule has 0 bridgehead atoms. The Morgan fingerprint density at radius 1 is 1.57 bits per heavy atom. The van der Waals surface area contributed by atoms with Gasteiger partial charge in [-0.25, -0.2) is 13.4 Å². The van der Waals surface area contributed by atoms with Gasteiger partial charge >= 0.3 is 0 Å². The third-order valence-electron chi connectivity index (χ3n) is 1.68. The maximum atomic E-state index is 11.2. The number of hydrogen-bond acceptors (Lipinski definition) is 4. The molecule has 0 spiro atoms. The summed E-state index contributed by atoms with van der Waals surface area (Å²) in [6.07, 6.45) is 0. The first-order valence-electron chi connectivity index (χ1n) is 3.48. The Hall–Kier alpha value is -0.300. The van der Waals surface area contributed by atoms with Crippen molar-refractivity contribution in [2.45, 2.75) is 11.9 Å². The molecule has 2 rings (SSSR count). The van der Waals surface area contributed by atoms with Gasteiger partial charge in [-0.2, -0.15) is 0 Å². The fraction of sp³-hybridized carbons (Fsp3) is 0.167. The molecule has 0 aliphatic carbocycles. The van der Waals surface area contributed by atoms with Crippen molar-refractivity contribution in [3.8, 4) is 0 Å². The highest BCUT2D eigenvalue weighted by Gasteiger charge is 2.23. The van der Waals surface area contributed by atoms with Gasteiger partial charge in [-0.1, -0.05) is 11.6 Å². The van der Waals surface area contributed by atoms with Gasteiger partial charge in [-0.15, -0.1) is 11.3 Å². The summed E-state index contributed by atoms with van der Waals surface area (Å²) in [6.45, 7) is 1.76. The molecule has 2 aromatic rings. The zero-order valence-electron chi connectivity index (χ0n) is 6.86. The molecule has 0 saturated carbocycles. The van der Waals surface area contributed by atoms with Crippen molar-refractivity contribution < 1.29 is 8.42 Å². The normalized spacial score (nSPS) is 12.5. The van der Waals surface area contributed by atoms with E-state index >= 15 is 0 Å². The molecule has 0 saturated heterocycles.